The van der Waals surface area contributed by atoms with E-state index in [0.717, 1.165) is 0 Å². The largest absolute Gasteiger partial charge is 0.772 e. The molecule has 0 fully saturated rings. The first-order valence-electron chi connectivity index (χ1n) is 4.63. The molecule has 0 saturated heterocycles. The number of benzene rings is 1. The number of hydrogen-bond donors (Lipinski definition) is 1. The molecular weight excluding hydrogens is 219 g/mol. The fourth-order valence-corrected chi connectivity index (χ4v) is 2.54. The maximum absolute atomic E-state index is 13.3. The van der Waals surface area contributed by atoms with Crippen molar-refractivity contribution in [2.75, 3.05) is 0 Å². The SMILES string of the molecule is O=S([O-])Cc1ccc(F)c2c1C(O)CC2. The normalized spacial score (nSPS) is 21.4. The highest BCUT2D eigenvalue weighted by Gasteiger charge is 2.26. The van der Waals surface area contributed by atoms with Crippen molar-refractivity contribution >= 4 is 11.1 Å². The van der Waals surface area contributed by atoms with Gasteiger partial charge in [0.2, 0.25) is 0 Å². The summed E-state index contributed by atoms with van der Waals surface area (Å²) in [6.07, 6.45) is 0.213. The lowest BCUT2D eigenvalue weighted by molar-refractivity contribution is 0.179. The average molecular weight is 229 g/mol. The van der Waals surface area contributed by atoms with E-state index in [9.17, 15) is 18.3 Å². The molecular formula is C10H10FO3S-. The molecule has 0 radical (unpaired) electrons. The third-order valence-corrected chi connectivity index (χ3v) is 3.21. The van der Waals surface area contributed by atoms with Crippen LogP contribution >= 0.6 is 0 Å². The standard InChI is InChI=1S/C10H11FO3S/c11-8-3-1-6(5-15(13)14)10-7(8)2-4-9(10)12/h1,3,9,12H,2,4-5H2,(H,13,14)/p-1. The van der Waals surface area contributed by atoms with E-state index in [0.29, 0.717) is 29.5 Å². The van der Waals surface area contributed by atoms with Crippen molar-refractivity contribution < 1.29 is 18.3 Å². The van der Waals surface area contributed by atoms with Crippen molar-refractivity contribution in [3.05, 3.63) is 34.6 Å². The molecule has 0 aliphatic heterocycles. The molecule has 1 aromatic rings. The zero-order valence-electron chi connectivity index (χ0n) is 7.90. The van der Waals surface area contributed by atoms with Crippen molar-refractivity contribution in [3.8, 4) is 0 Å². The summed E-state index contributed by atoms with van der Waals surface area (Å²) >= 11 is -2.21. The molecule has 1 N–H and O–H groups in total. The Morgan fingerprint density at radius 2 is 2.33 bits per heavy atom. The Hall–Kier alpha value is -0.780. The van der Waals surface area contributed by atoms with Gasteiger partial charge in [0.15, 0.2) is 0 Å². The first-order valence-corrected chi connectivity index (χ1v) is 5.88. The lowest BCUT2D eigenvalue weighted by Crippen LogP contribution is -2.03. The Morgan fingerprint density at radius 1 is 1.60 bits per heavy atom. The minimum absolute atomic E-state index is 0.167. The first kappa shape index (κ1) is 10.7. The van der Waals surface area contributed by atoms with Crippen LogP contribution in [0.3, 0.4) is 0 Å². The quantitative estimate of drug-likeness (QED) is 0.775. The Morgan fingerprint density at radius 3 is 3.00 bits per heavy atom. The maximum atomic E-state index is 13.3. The molecule has 1 aromatic carbocycles. The van der Waals surface area contributed by atoms with E-state index in [2.05, 4.69) is 0 Å². The number of aliphatic hydroxyl groups excluding tert-OH is 1. The van der Waals surface area contributed by atoms with E-state index in [-0.39, 0.29) is 11.6 Å². The lowest BCUT2D eigenvalue weighted by atomic mass is 10.0. The summed E-state index contributed by atoms with van der Waals surface area (Å²) in [6, 6.07) is 2.69. The summed E-state index contributed by atoms with van der Waals surface area (Å²) in [5, 5.41) is 9.63. The molecule has 0 aromatic heterocycles. The smallest absolute Gasteiger partial charge is 0.126 e. The van der Waals surface area contributed by atoms with E-state index >= 15 is 0 Å². The minimum Gasteiger partial charge on any atom is -0.772 e. The highest BCUT2D eigenvalue weighted by Crippen LogP contribution is 2.35. The van der Waals surface area contributed by atoms with E-state index in [4.69, 9.17) is 0 Å². The summed E-state index contributed by atoms with van der Waals surface area (Å²) in [4.78, 5) is 0. The molecule has 5 heteroatoms. The number of fused-ring (bicyclic) bond motifs is 1. The van der Waals surface area contributed by atoms with Gasteiger partial charge in [0.1, 0.15) is 5.82 Å². The van der Waals surface area contributed by atoms with E-state index in [1.165, 1.54) is 12.1 Å². The van der Waals surface area contributed by atoms with E-state index < -0.39 is 17.2 Å². The highest BCUT2D eigenvalue weighted by molar-refractivity contribution is 7.78. The van der Waals surface area contributed by atoms with Gasteiger partial charge >= 0.3 is 0 Å². The molecule has 1 aliphatic rings. The van der Waals surface area contributed by atoms with Gasteiger partial charge in [-0.3, -0.25) is 4.21 Å². The number of halogens is 1. The zero-order chi connectivity index (χ0) is 11.0. The van der Waals surface area contributed by atoms with Crippen molar-refractivity contribution in [3.63, 3.8) is 0 Å². The van der Waals surface area contributed by atoms with Gasteiger partial charge < -0.3 is 9.66 Å². The Kier molecular flexibility index (Phi) is 2.86. The van der Waals surface area contributed by atoms with Crippen molar-refractivity contribution in [1.29, 1.82) is 0 Å². The van der Waals surface area contributed by atoms with Crippen LogP contribution in [0.5, 0.6) is 0 Å². The second kappa shape index (κ2) is 4.00. The van der Waals surface area contributed by atoms with Gasteiger partial charge in [-0.25, -0.2) is 4.39 Å². The highest BCUT2D eigenvalue weighted by atomic mass is 32.2. The molecule has 3 nitrogen and oxygen atoms in total. The molecule has 0 spiro atoms. The van der Waals surface area contributed by atoms with E-state index in [1.807, 2.05) is 0 Å². The van der Waals surface area contributed by atoms with Gasteiger partial charge in [0, 0.05) is 5.75 Å². The first-order chi connectivity index (χ1) is 7.09. The maximum Gasteiger partial charge on any atom is 0.126 e. The third-order valence-electron chi connectivity index (χ3n) is 2.66. The van der Waals surface area contributed by atoms with Gasteiger partial charge in [0.25, 0.3) is 0 Å². The predicted molar refractivity (Wildman–Crippen MR) is 52.3 cm³/mol. The zero-order valence-corrected chi connectivity index (χ0v) is 8.72. The lowest BCUT2D eigenvalue weighted by Gasteiger charge is -2.13. The molecule has 0 heterocycles. The number of hydrogen-bond acceptors (Lipinski definition) is 3. The monoisotopic (exact) mass is 229 g/mol. The molecule has 2 rings (SSSR count). The summed E-state index contributed by atoms with van der Waals surface area (Å²) in [7, 11) is 0. The van der Waals surface area contributed by atoms with Crippen LogP contribution in [0.25, 0.3) is 0 Å². The Bertz CT molecular complexity index is 419. The fourth-order valence-electron chi connectivity index (χ4n) is 2.03. The van der Waals surface area contributed by atoms with E-state index in [1.54, 1.807) is 0 Å². The van der Waals surface area contributed by atoms with Crippen LogP contribution in [0.4, 0.5) is 4.39 Å². The Labute approximate surface area is 89.2 Å². The molecule has 0 bridgehead atoms. The van der Waals surface area contributed by atoms with Gasteiger partial charge in [-0.15, -0.1) is 0 Å². The predicted octanol–water partition coefficient (Wildman–Crippen LogP) is 1.18. The van der Waals surface area contributed by atoms with Gasteiger partial charge in [-0.2, -0.15) is 0 Å². The van der Waals surface area contributed by atoms with Crippen LogP contribution in [0.1, 0.15) is 29.2 Å². The summed E-state index contributed by atoms with van der Waals surface area (Å²) in [6.45, 7) is 0. The molecule has 15 heavy (non-hydrogen) atoms. The van der Waals surface area contributed by atoms with Crippen LogP contribution in [-0.4, -0.2) is 13.9 Å². The van der Waals surface area contributed by atoms with Crippen molar-refractivity contribution in [1.82, 2.24) is 0 Å². The topological polar surface area (TPSA) is 60.4 Å². The van der Waals surface area contributed by atoms with Gasteiger partial charge in [-0.05, 0) is 35.6 Å². The summed E-state index contributed by atoms with van der Waals surface area (Å²) in [5.41, 5.74) is 1.44. The third kappa shape index (κ3) is 1.95. The Balaban J connectivity index is 2.49. The molecule has 0 saturated carbocycles. The second-order valence-electron chi connectivity index (χ2n) is 3.60. The van der Waals surface area contributed by atoms with Crippen LogP contribution in [0.2, 0.25) is 0 Å². The fraction of sp³-hybridized carbons (Fsp3) is 0.400. The van der Waals surface area contributed by atoms with Crippen molar-refractivity contribution in [2.45, 2.75) is 24.7 Å². The average Bonchev–Trinajstić information content (AvgIpc) is 2.54. The van der Waals surface area contributed by atoms with Crippen LogP contribution < -0.4 is 0 Å². The molecule has 2 unspecified atom stereocenters. The van der Waals surface area contributed by atoms with Gasteiger partial charge in [-0.1, -0.05) is 17.1 Å². The summed E-state index contributed by atoms with van der Waals surface area (Å²) < 4.78 is 34.5. The molecule has 2 atom stereocenters. The number of aliphatic hydroxyl groups is 1. The van der Waals surface area contributed by atoms with Crippen molar-refractivity contribution in [2.24, 2.45) is 0 Å². The summed E-state index contributed by atoms with van der Waals surface area (Å²) in [5.74, 6) is -0.526. The van der Waals surface area contributed by atoms with Gasteiger partial charge in [0.05, 0.1) is 6.10 Å². The minimum atomic E-state index is -2.21. The van der Waals surface area contributed by atoms with Crippen LogP contribution in [-0.2, 0) is 23.3 Å². The molecule has 0 amide bonds. The van der Waals surface area contributed by atoms with Crippen LogP contribution in [0, 0.1) is 5.82 Å². The second-order valence-corrected chi connectivity index (χ2v) is 4.50. The molecule has 82 valence electrons. The van der Waals surface area contributed by atoms with Crippen LogP contribution in [0.15, 0.2) is 12.1 Å². The molecule has 1 aliphatic carbocycles. The number of rotatable bonds is 2.